The summed E-state index contributed by atoms with van der Waals surface area (Å²) < 4.78 is 0. The van der Waals surface area contributed by atoms with Crippen molar-refractivity contribution < 1.29 is 4.79 Å². The maximum absolute atomic E-state index is 13.0. The molecule has 3 aromatic rings. The Morgan fingerprint density at radius 1 is 1.14 bits per heavy atom. The monoisotopic (exact) mass is 293 g/mol. The molecule has 0 atom stereocenters. The second-order valence-electron chi connectivity index (χ2n) is 5.93. The average molecular weight is 293 g/mol. The van der Waals surface area contributed by atoms with Gasteiger partial charge in [-0.15, -0.1) is 0 Å². The van der Waals surface area contributed by atoms with Gasteiger partial charge in [0.15, 0.2) is 0 Å². The van der Waals surface area contributed by atoms with Crippen LogP contribution in [-0.2, 0) is 10.2 Å². The number of fused-ring (bicyclic) bond motifs is 1. The van der Waals surface area contributed by atoms with Gasteiger partial charge in [0.25, 0.3) is 0 Å². The van der Waals surface area contributed by atoms with E-state index in [-0.39, 0.29) is 5.91 Å². The number of hydrogen-bond donors (Lipinski definition) is 1. The molecule has 1 amide bonds. The Hall–Kier alpha value is -2.62. The number of amides is 1. The number of carbonyl (C=O) groups is 1. The quantitative estimate of drug-likeness (QED) is 0.803. The van der Waals surface area contributed by atoms with Crippen molar-refractivity contribution in [3.05, 3.63) is 60.4 Å². The predicted octanol–water partition coefficient (Wildman–Crippen LogP) is 3.50. The van der Waals surface area contributed by atoms with Gasteiger partial charge in [0.1, 0.15) is 5.82 Å². The molecule has 2 heterocycles. The van der Waals surface area contributed by atoms with E-state index in [1.165, 1.54) is 0 Å². The molecule has 4 heteroatoms. The number of para-hydroxylation sites is 1. The van der Waals surface area contributed by atoms with E-state index in [2.05, 4.69) is 9.97 Å². The highest BCUT2D eigenvalue weighted by Gasteiger charge is 2.35. The molecule has 0 aliphatic rings. The second kappa shape index (κ2) is 5.30. The van der Waals surface area contributed by atoms with Gasteiger partial charge in [-0.2, -0.15) is 0 Å². The van der Waals surface area contributed by atoms with Crippen molar-refractivity contribution in [1.29, 1.82) is 0 Å². The molecule has 4 nitrogen and oxygen atoms in total. The summed E-state index contributed by atoms with van der Waals surface area (Å²) >= 11 is 0. The van der Waals surface area contributed by atoms with Crippen molar-refractivity contribution in [3.8, 4) is 0 Å². The fourth-order valence-electron chi connectivity index (χ4n) is 2.78. The minimum absolute atomic E-state index is 0.0101. The normalized spacial score (nSPS) is 11.6. The minimum Gasteiger partial charge on any atom is -0.361 e. The summed E-state index contributed by atoms with van der Waals surface area (Å²) in [6.45, 7) is 3.90. The lowest BCUT2D eigenvalue weighted by Gasteiger charge is -2.28. The third-order valence-corrected chi connectivity index (χ3v) is 4.09. The molecule has 0 aliphatic carbocycles. The van der Waals surface area contributed by atoms with E-state index in [0.29, 0.717) is 5.82 Å². The van der Waals surface area contributed by atoms with Crippen LogP contribution in [0.4, 0.5) is 5.82 Å². The van der Waals surface area contributed by atoms with Gasteiger partial charge in [-0.3, -0.25) is 9.69 Å². The lowest BCUT2D eigenvalue weighted by atomic mass is 9.83. The van der Waals surface area contributed by atoms with E-state index < -0.39 is 5.41 Å². The van der Waals surface area contributed by atoms with E-state index in [4.69, 9.17) is 0 Å². The highest BCUT2D eigenvalue weighted by atomic mass is 16.2. The minimum atomic E-state index is -0.647. The van der Waals surface area contributed by atoms with E-state index in [1.54, 1.807) is 18.1 Å². The lowest BCUT2D eigenvalue weighted by molar-refractivity contribution is -0.122. The first-order valence-corrected chi connectivity index (χ1v) is 7.27. The molecule has 112 valence electrons. The van der Waals surface area contributed by atoms with Gasteiger partial charge in [-0.05, 0) is 37.6 Å². The topological polar surface area (TPSA) is 49.0 Å². The van der Waals surface area contributed by atoms with Crippen LogP contribution in [0.5, 0.6) is 0 Å². The Kier molecular flexibility index (Phi) is 3.45. The standard InChI is InChI=1S/C18H19N3O/c1-18(2,14-12-20-15-9-5-4-8-13(14)15)17(22)21(3)16-10-6-7-11-19-16/h4-12,20H,1-3H3. The molecule has 1 N–H and O–H groups in total. The summed E-state index contributed by atoms with van der Waals surface area (Å²) in [5, 5.41) is 1.08. The van der Waals surface area contributed by atoms with Gasteiger partial charge in [-0.1, -0.05) is 24.3 Å². The molecule has 22 heavy (non-hydrogen) atoms. The number of pyridine rings is 1. The maximum Gasteiger partial charge on any atom is 0.238 e. The first-order valence-electron chi connectivity index (χ1n) is 7.27. The number of aromatic nitrogens is 2. The molecule has 0 fully saturated rings. The van der Waals surface area contributed by atoms with Crippen LogP contribution < -0.4 is 4.90 Å². The van der Waals surface area contributed by atoms with Crippen LogP contribution >= 0.6 is 0 Å². The number of hydrogen-bond acceptors (Lipinski definition) is 2. The summed E-state index contributed by atoms with van der Waals surface area (Å²) in [6, 6.07) is 13.6. The number of H-pyrrole nitrogens is 1. The van der Waals surface area contributed by atoms with E-state index in [1.807, 2.05) is 62.5 Å². The van der Waals surface area contributed by atoms with Crippen LogP contribution in [0.15, 0.2) is 54.9 Å². The molecule has 0 saturated carbocycles. The van der Waals surface area contributed by atoms with Crippen LogP contribution in [0, 0.1) is 0 Å². The number of carbonyl (C=O) groups excluding carboxylic acids is 1. The molecule has 0 spiro atoms. The van der Waals surface area contributed by atoms with Gasteiger partial charge < -0.3 is 4.98 Å². The van der Waals surface area contributed by atoms with Crippen molar-refractivity contribution in [2.45, 2.75) is 19.3 Å². The van der Waals surface area contributed by atoms with E-state index in [0.717, 1.165) is 16.5 Å². The van der Waals surface area contributed by atoms with Crippen LogP contribution in [0.1, 0.15) is 19.4 Å². The zero-order valence-corrected chi connectivity index (χ0v) is 13.0. The SMILES string of the molecule is CN(C(=O)C(C)(C)c1c[nH]c2ccccc12)c1ccccn1. The number of benzene rings is 1. The highest BCUT2D eigenvalue weighted by Crippen LogP contribution is 2.32. The molecule has 0 unspecified atom stereocenters. The first-order chi connectivity index (χ1) is 10.5. The zero-order valence-electron chi connectivity index (χ0n) is 13.0. The van der Waals surface area contributed by atoms with Crippen LogP contribution in [0.3, 0.4) is 0 Å². The summed E-state index contributed by atoms with van der Waals surface area (Å²) in [5.74, 6) is 0.663. The second-order valence-corrected chi connectivity index (χ2v) is 5.93. The Balaban J connectivity index is 2.00. The Morgan fingerprint density at radius 2 is 1.86 bits per heavy atom. The molecule has 0 radical (unpaired) electrons. The number of anilines is 1. The molecular formula is C18H19N3O. The fourth-order valence-corrected chi connectivity index (χ4v) is 2.78. The van der Waals surface area contributed by atoms with Crippen LogP contribution in [-0.4, -0.2) is 22.9 Å². The largest absolute Gasteiger partial charge is 0.361 e. The molecule has 1 aromatic carbocycles. The smallest absolute Gasteiger partial charge is 0.238 e. The van der Waals surface area contributed by atoms with E-state index >= 15 is 0 Å². The van der Waals surface area contributed by atoms with Crippen molar-refractivity contribution in [2.75, 3.05) is 11.9 Å². The zero-order chi connectivity index (χ0) is 15.7. The van der Waals surface area contributed by atoms with Crippen molar-refractivity contribution in [2.24, 2.45) is 0 Å². The van der Waals surface area contributed by atoms with E-state index in [9.17, 15) is 4.79 Å². The number of rotatable bonds is 3. The van der Waals surface area contributed by atoms with Gasteiger partial charge >= 0.3 is 0 Å². The number of likely N-dealkylation sites (N-methyl/N-ethyl adjacent to an activating group) is 1. The average Bonchev–Trinajstić information content (AvgIpc) is 2.99. The first kappa shape index (κ1) is 14.3. The van der Waals surface area contributed by atoms with Gasteiger partial charge in [0, 0.05) is 30.3 Å². The van der Waals surface area contributed by atoms with Crippen LogP contribution in [0.2, 0.25) is 0 Å². The third kappa shape index (κ3) is 2.26. The number of nitrogens with zero attached hydrogens (tertiary/aromatic N) is 2. The molecule has 3 rings (SSSR count). The number of aromatic amines is 1. The van der Waals surface area contributed by atoms with Crippen molar-refractivity contribution in [1.82, 2.24) is 9.97 Å². The molecule has 0 bridgehead atoms. The Morgan fingerprint density at radius 3 is 2.59 bits per heavy atom. The summed E-state index contributed by atoms with van der Waals surface area (Å²) in [5.41, 5.74) is 1.39. The number of nitrogens with one attached hydrogen (secondary N) is 1. The van der Waals surface area contributed by atoms with Gasteiger partial charge in [0.2, 0.25) is 5.91 Å². The Bertz CT molecular complexity index is 805. The van der Waals surface area contributed by atoms with Gasteiger partial charge in [-0.25, -0.2) is 4.98 Å². The molecule has 0 aliphatic heterocycles. The highest BCUT2D eigenvalue weighted by molar-refractivity contribution is 6.02. The summed E-state index contributed by atoms with van der Waals surface area (Å²) in [7, 11) is 1.77. The Labute approximate surface area is 129 Å². The maximum atomic E-state index is 13.0. The third-order valence-electron chi connectivity index (χ3n) is 4.09. The van der Waals surface area contributed by atoms with Crippen molar-refractivity contribution >= 4 is 22.6 Å². The molecular weight excluding hydrogens is 274 g/mol. The predicted molar refractivity (Wildman–Crippen MR) is 89.0 cm³/mol. The summed E-state index contributed by atoms with van der Waals surface area (Å²) in [4.78, 5) is 22.1. The lowest BCUT2D eigenvalue weighted by Crippen LogP contribution is -2.41. The molecule has 0 saturated heterocycles. The van der Waals surface area contributed by atoms with Crippen LogP contribution in [0.25, 0.3) is 10.9 Å². The van der Waals surface area contributed by atoms with Crippen molar-refractivity contribution in [3.63, 3.8) is 0 Å². The molecule has 2 aromatic heterocycles. The van der Waals surface area contributed by atoms with Gasteiger partial charge in [0.05, 0.1) is 5.41 Å². The fraction of sp³-hybridized carbons (Fsp3) is 0.222. The summed E-state index contributed by atoms with van der Waals surface area (Å²) in [6.07, 6.45) is 3.62.